The lowest BCUT2D eigenvalue weighted by Gasteiger charge is -2.25. The number of halogens is 1. The van der Waals surface area contributed by atoms with Crippen molar-refractivity contribution in [2.24, 2.45) is 11.7 Å². The number of hydrogen-bond donors (Lipinski definition) is 2. The Kier molecular flexibility index (Phi) is 5.97. The Morgan fingerprint density at radius 2 is 1.79 bits per heavy atom. The van der Waals surface area contributed by atoms with Crippen LogP contribution in [0.4, 0.5) is 0 Å². The normalized spacial score (nSPS) is 28.1. The van der Waals surface area contributed by atoms with Crippen LogP contribution in [0.1, 0.15) is 25.7 Å². The molecule has 0 unspecified atom stereocenters. The van der Waals surface area contributed by atoms with Gasteiger partial charge in [0, 0.05) is 12.6 Å². The topological polar surface area (TPSA) is 72.2 Å². The van der Waals surface area contributed by atoms with Crippen LogP contribution in [0.3, 0.4) is 0 Å². The molecule has 1 saturated carbocycles. The van der Waals surface area contributed by atoms with E-state index in [4.69, 9.17) is 5.73 Å². The monoisotopic (exact) mass is 242 g/mol. The van der Waals surface area contributed by atoms with Crippen LogP contribution in [0.15, 0.2) is 0 Å². The van der Waals surface area contributed by atoms with Crippen LogP contribution in [-0.4, -0.2) is 27.3 Å². The SMILES string of the molecule is CS(=O)(=O)NCC1CCC(N)CC1.Cl. The molecule has 0 radical (unpaired) electrons. The van der Waals surface area contributed by atoms with Gasteiger partial charge < -0.3 is 5.73 Å². The summed E-state index contributed by atoms with van der Waals surface area (Å²) in [5, 5.41) is 0. The van der Waals surface area contributed by atoms with E-state index in [0.29, 0.717) is 18.5 Å². The van der Waals surface area contributed by atoms with Gasteiger partial charge in [0.25, 0.3) is 0 Å². The van der Waals surface area contributed by atoms with Crippen molar-refractivity contribution in [3.05, 3.63) is 0 Å². The highest BCUT2D eigenvalue weighted by Gasteiger charge is 2.18. The Morgan fingerprint density at radius 3 is 2.21 bits per heavy atom. The van der Waals surface area contributed by atoms with Crippen LogP contribution in [0.5, 0.6) is 0 Å². The smallest absolute Gasteiger partial charge is 0.208 e. The lowest BCUT2D eigenvalue weighted by molar-refractivity contribution is 0.326. The maximum atomic E-state index is 10.8. The highest BCUT2D eigenvalue weighted by atomic mass is 35.5. The lowest BCUT2D eigenvalue weighted by Crippen LogP contribution is -2.33. The third-order valence-corrected chi connectivity index (χ3v) is 3.22. The van der Waals surface area contributed by atoms with Gasteiger partial charge in [0.1, 0.15) is 0 Å². The van der Waals surface area contributed by atoms with Crippen LogP contribution in [-0.2, 0) is 10.0 Å². The summed E-state index contributed by atoms with van der Waals surface area (Å²) in [5.41, 5.74) is 5.74. The van der Waals surface area contributed by atoms with E-state index in [1.54, 1.807) is 0 Å². The largest absolute Gasteiger partial charge is 0.328 e. The van der Waals surface area contributed by atoms with Crippen molar-refractivity contribution in [1.82, 2.24) is 4.72 Å². The molecule has 0 heterocycles. The zero-order valence-electron chi connectivity index (χ0n) is 8.40. The lowest BCUT2D eigenvalue weighted by atomic mass is 9.87. The van der Waals surface area contributed by atoms with Gasteiger partial charge >= 0.3 is 0 Å². The summed E-state index contributed by atoms with van der Waals surface area (Å²) in [6.07, 6.45) is 5.33. The second kappa shape index (κ2) is 5.90. The molecular weight excluding hydrogens is 224 g/mol. The van der Waals surface area contributed by atoms with E-state index >= 15 is 0 Å². The first-order valence-corrected chi connectivity index (χ1v) is 6.57. The van der Waals surface area contributed by atoms with Crippen LogP contribution >= 0.6 is 12.4 Å². The van der Waals surface area contributed by atoms with E-state index in [-0.39, 0.29) is 12.4 Å². The van der Waals surface area contributed by atoms with Crippen molar-refractivity contribution in [2.45, 2.75) is 31.7 Å². The molecule has 14 heavy (non-hydrogen) atoms. The summed E-state index contributed by atoms with van der Waals surface area (Å²) in [6, 6.07) is 0.328. The van der Waals surface area contributed by atoms with Gasteiger partial charge in [0.2, 0.25) is 10.0 Å². The minimum Gasteiger partial charge on any atom is -0.328 e. The van der Waals surface area contributed by atoms with E-state index < -0.39 is 10.0 Å². The molecule has 4 nitrogen and oxygen atoms in total. The summed E-state index contributed by atoms with van der Waals surface area (Å²) >= 11 is 0. The number of rotatable bonds is 3. The summed E-state index contributed by atoms with van der Waals surface area (Å²) in [7, 11) is -3.02. The van der Waals surface area contributed by atoms with Gasteiger partial charge in [-0.1, -0.05) is 0 Å². The molecular formula is C8H19ClN2O2S. The third-order valence-electron chi connectivity index (χ3n) is 2.53. The highest BCUT2D eigenvalue weighted by molar-refractivity contribution is 7.88. The molecule has 6 heteroatoms. The van der Waals surface area contributed by atoms with Crippen molar-refractivity contribution in [3.63, 3.8) is 0 Å². The molecule has 1 fully saturated rings. The number of hydrogen-bond acceptors (Lipinski definition) is 3. The van der Waals surface area contributed by atoms with Gasteiger partial charge in [-0.2, -0.15) is 0 Å². The molecule has 0 aromatic rings. The first-order chi connectivity index (χ1) is 5.97. The first-order valence-electron chi connectivity index (χ1n) is 4.67. The molecule has 0 aliphatic heterocycles. The van der Waals surface area contributed by atoms with Crippen molar-refractivity contribution in [3.8, 4) is 0 Å². The molecule has 86 valence electrons. The van der Waals surface area contributed by atoms with Gasteiger partial charge in [0.05, 0.1) is 6.26 Å². The fourth-order valence-electron chi connectivity index (χ4n) is 1.66. The van der Waals surface area contributed by atoms with E-state index in [1.165, 1.54) is 6.26 Å². The Balaban J connectivity index is 0.00000169. The van der Waals surface area contributed by atoms with Gasteiger partial charge in [-0.25, -0.2) is 13.1 Å². The molecule has 0 spiro atoms. The summed E-state index contributed by atoms with van der Waals surface area (Å²) in [5.74, 6) is 0.481. The maximum Gasteiger partial charge on any atom is 0.208 e. The van der Waals surface area contributed by atoms with Crippen molar-refractivity contribution in [1.29, 1.82) is 0 Å². The van der Waals surface area contributed by atoms with E-state index in [0.717, 1.165) is 25.7 Å². The van der Waals surface area contributed by atoms with Gasteiger partial charge in [-0.15, -0.1) is 12.4 Å². The molecule has 0 amide bonds. The molecule has 1 rings (SSSR count). The molecule has 0 bridgehead atoms. The van der Waals surface area contributed by atoms with E-state index in [2.05, 4.69) is 4.72 Å². The van der Waals surface area contributed by atoms with Crippen molar-refractivity contribution < 1.29 is 8.42 Å². The Morgan fingerprint density at radius 1 is 1.29 bits per heavy atom. The minimum atomic E-state index is -3.02. The Hall–Kier alpha value is 0.160. The molecule has 0 aromatic heterocycles. The predicted molar refractivity (Wildman–Crippen MR) is 60.0 cm³/mol. The summed E-state index contributed by atoms with van der Waals surface area (Å²) in [4.78, 5) is 0. The number of nitrogens with two attached hydrogens (primary N) is 1. The van der Waals surface area contributed by atoms with Gasteiger partial charge in [0.15, 0.2) is 0 Å². The maximum absolute atomic E-state index is 10.8. The van der Waals surface area contributed by atoms with Gasteiger partial charge in [-0.05, 0) is 31.6 Å². The number of sulfonamides is 1. The molecule has 0 saturated heterocycles. The van der Waals surface area contributed by atoms with Crippen LogP contribution in [0.25, 0.3) is 0 Å². The first kappa shape index (κ1) is 14.2. The minimum absolute atomic E-state index is 0. The Bertz CT molecular complexity index is 248. The zero-order valence-corrected chi connectivity index (χ0v) is 10.0. The van der Waals surface area contributed by atoms with Crippen molar-refractivity contribution >= 4 is 22.4 Å². The second-order valence-electron chi connectivity index (χ2n) is 3.90. The van der Waals surface area contributed by atoms with Crippen LogP contribution < -0.4 is 10.5 Å². The fourth-order valence-corrected chi connectivity index (χ4v) is 2.20. The van der Waals surface area contributed by atoms with Crippen LogP contribution in [0, 0.1) is 5.92 Å². The zero-order chi connectivity index (χ0) is 9.90. The highest BCUT2D eigenvalue weighted by Crippen LogP contribution is 2.22. The van der Waals surface area contributed by atoms with E-state index in [9.17, 15) is 8.42 Å². The summed E-state index contributed by atoms with van der Waals surface area (Å²) < 4.78 is 24.1. The quantitative estimate of drug-likeness (QED) is 0.756. The molecule has 1 aliphatic carbocycles. The van der Waals surface area contributed by atoms with Gasteiger partial charge in [-0.3, -0.25) is 0 Å². The molecule has 1 aliphatic rings. The second-order valence-corrected chi connectivity index (χ2v) is 5.73. The molecule has 3 N–H and O–H groups in total. The van der Waals surface area contributed by atoms with E-state index in [1.807, 2.05) is 0 Å². The average molecular weight is 243 g/mol. The summed E-state index contributed by atoms with van der Waals surface area (Å²) in [6.45, 7) is 0.575. The van der Waals surface area contributed by atoms with Crippen molar-refractivity contribution in [2.75, 3.05) is 12.8 Å². The standard InChI is InChI=1S/C8H18N2O2S.ClH/c1-13(11,12)10-6-7-2-4-8(9)5-3-7;/h7-8,10H,2-6,9H2,1H3;1H. The third kappa shape index (κ3) is 5.80. The molecule has 0 aromatic carbocycles. The number of nitrogens with one attached hydrogen (secondary N) is 1. The Labute approximate surface area is 92.1 Å². The predicted octanol–water partition coefficient (Wildman–Crippen LogP) is 0.475. The fraction of sp³-hybridized carbons (Fsp3) is 1.00. The average Bonchev–Trinajstić information content (AvgIpc) is 2.02. The van der Waals surface area contributed by atoms with Crippen LogP contribution in [0.2, 0.25) is 0 Å². The molecule has 0 atom stereocenters.